The molecule has 1 heterocycles. The fourth-order valence-corrected chi connectivity index (χ4v) is 4.40. The minimum Gasteiger partial charge on any atom is -0.481 e. The average molecular weight is 438 g/mol. The van der Waals surface area contributed by atoms with Gasteiger partial charge in [-0.05, 0) is 12.1 Å². The SMILES string of the molecule is CC(=O)N[C@@H](CSCC(CC(=O)O)C(=O)N1CCN(c2ccccc2)CC1)C(=O)O. The summed E-state index contributed by atoms with van der Waals surface area (Å²) in [6.07, 6.45) is -0.317. The zero-order valence-electron chi connectivity index (χ0n) is 16.8. The molecule has 0 saturated carbocycles. The van der Waals surface area contributed by atoms with Crippen molar-refractivity contribution in [2.75, 3.05) is 42.6 Å². The van der Waals surface area contributed by atoms with Crippen LogP contribution >= 0.6 is 11.8 Å². The number of hydrogen-bond donors (Lipinski definition) is 3. The van der Waals surface area contributed by atoms with Gasteiger partial charge in [-0.2, -0.15) is 11.8 Å². The van der Waals surface area contributed by atoms with Crippen molar-refractivity contribution in [3.63, 3.8) is 0 Å². The molecule has 1 fully saturated rings. The Labute approximate surface area is 179 Å². The van der Waals surface area contributed by atoms with Crippen molar-refractivity contribution < 1.29 is 29.4 Å². The summed E-state index contributed by atoms with van der Waals surface area (Å²) in [4.78, 5) is 50.3. The molecular formula is C20H27N3O6S. The predicted octanol–water partition coefficient (Wildman–Crippen LogP) is 0.749. The number of para-hydroxylation sites is 1. The number of carboxylic acid groups (broad SMARTS) is 2. The summed E-state index contributed by atoms with van der Waals surface area (Å²) in [6.45, 7) is 3.54. The number of carbonyl (C=O) groups is 4. The Bertz CT molecular complexity index is 752. The smallest absolute Gasteiger partial charge is 0.327 e. The molecule has 10 heteroatoms. The lowest BCUT2D eigenvalue weighted by atomic mass is 10.1. The van der Waals surface area contributed by atoms with Gasteiger partial charge in [0.2, 0.25) is 11.8 Å². The van der Waals surface area contributed by atoms with Gasteiger partial charge in [0.25, 0.3) is 0 Å². The lowest BCUT2D eigenvalue weighted by Gasteiger charge is -2.37. The van der Waals surface area contributed by atoms with Crippen molar-refractivity contribution in [1.82, 2.24) is 10.2 Å². The van der Waals surface area contributed by atoms with Crippen molar-refractivity contribution >= 4 is 41.2 Å². The van der Waals surface area contributed by atoms with Gasteiger partial charge >= 0.3 is 11.9 Å². The van der Waals surface area contributed by atoms with Crippen LogP contribution in [0.1, 0.15) is 13.3 Å². The molecule has 3 N–H and O–H groups in total. The third kappa shape index (κ3) is 7.25. The Morgan fingerprint density at radius 1 is 1.03 bits per heavy atom. The van der Waals surface area contributed by atoms with Crippen molar-refractivity contribution in [3.8, 4) is 0 Å². The number of hydrogen-bond acceptors (Lipinski definition) is 6. The van der Waals surface area contributed by atoms with E-state index in [4.69, 9.17) is 5.11 Å². The van der Waals surface area contributed by atoms with Crippen LogP contribution in [0.3, 0.4) is 0 Å². The van der Waals surface area contributed by atoms with Crippen LogP contribution in [0.4, 0.5) is 5.69 Å². The monoisotopic (exact) mass is 437 g/mol. The largest absolute Gasteiger partial charge is 0.481 e. The topological polar surface area (TPSA) is 127 Å². The second-order valence-electron chi connectivity index (χ2n) is 7.07. The minimum atomic E-state index is -1.17. The van der Waals surface area contributed by atoms with Crippen molar-refractivity contribution in [2.24, 2.45) is 5.92 Å². The van der Waals surface area contributed by atoms with Crippen LogP contribution in [-0.4, -0.2) is 82.6 Å². The van der Waals surface area contributed by atoms with Gasteiger partial charge in [-0.1, -0.05) is 18.2 Å². The molecule has 0 aliphatic carbocycles. The van der Waals surface area contributed by atoms with E-state index in [0.717, 1.165) is 17.4 Å². The van der Waals surface area contributed by atoms with E-state index in [2.05, 4.69) is 10.2 Å². The normalized spacial score (nSPS) is 15.9. The van der Waals surface area contributed by atoms with Crippen LogP contribution < -0.4 is 10.2 Å². The molecule has 1 saturated heterocycles. The summed E-state index contributed by atoms with van der Waals surface area (Å²) in [5.74, 6) is -3.46. The van der Waals surface area contributed by atoms with Crippen LogP contribution in [0, 0.1) is 5.92 Å². The zero-order chi connectivity index (χ0) is 22.1. The highest BCUT2D eigenvalue weighted by Gasteiger charge is 2.30. The molecular weight excluding hydrogens is 410 g/mol. The number of nitrogens with one attached hydrogen (secondary N) is 1. The van der Waals surface area contributed by atoms with Gasteiger partial charge in [-0.3, -0.25) is 14.4 Å². The quantitative estimate of drug-likeness (QED) is 0.489. The maximum atomic E-state index is 12.9. The molecule has 1 aromatic rings. The van der Waals surface area contributed by atoms with E-state index in [1.165, 1.54) is 6.92 Å². The summed E-state index contributed by atoms with van der Waals surface area (Å²) in [6, 6.07) is 8.79. The Balaban J connectivity index is 1.91. The highest BCUT2D eigenvalue weighted by molar-refractivity contribution is 7.99. The molecule has 2 atom stereocenters. The van der Waals surface area contributed by atoms with Crippen LogP contribution in [0.25, 0.3) is 0 Å². The summed E-state index contributed by atoms with van der Waals surface area (Å²) in [7, 11) is 0. The summed E-state index contributed by atoms with van der Waals surface area (Å²) in [5.41, 5.74) is 1.08. The van der Waals surface area contributed by atoms with Gasteiger partial charge in [0, 0.05) is 50.3 Å². The lowest BCUT2D eigenvalue weighted by Crippen LogP contribution is -2.51. The molecule has 1 unspecified atom stereocenters. The van der Waals surface area contributed by atoms with Crippen LogP contribution in [0.2, 0.25) is 0 Å². The maximum absolute atomic E-state index is 12.9. The summed E-state index contributed by atoms with van der Waals surface area (Å²) in [5, 5.41) is 20.7. The van der Waals surface area contributed by atoms with Crippen molar-refractivity contribution in [1.29, 1.82) is 0 Å². The third-order valence-electron chi connectivity index (χ3n) is 4.76. The van der Waals surface area contributed by atoms with Crippen LogP contribution in [0.15, 0.2) is 30.3 Å². The minimum absolute atomic E-state index is 0.0557. The first-order chi connectivity index (χ1) is 14.3. The number of carboxylic acids is 2. The number of aliphatic carboxylic acids is 2. The van der Waals surface area contributed by atoms with Crippen molar-refractivity contribution in [3.05, 3.63) is 30.3 Å². The standard InChI is InChI=1S/C20H27N3O6S/c1-14(24)21-17(20(28)29)13-30-12-15(11-18(25)26)19(27)23-9-7-22(8-10-23)16-5-3-2-4-6-16/h2-6,15,17H,7-13H2,1H3,(H,21,24)(H,25,26)(H,28,29)/t15?,17-/m0/s1. The number of benzene rings is 1. The summed E-state index contributed by atoms with van der Waals surface area (Å²) >= 11 is 1.15. The number of anilines is 1. The molecule has 1 aliphatic rings. The predicted molar refractivity (Wildman–Crippen MR) is 114 cm³/mol. The molecule has 0 spiro atoms. The average Bonchev–Trinajstić information content (AvgIpc) is 2.72. The van der Waals surface area contributed by atoms with E-state index in [0.29, 0.717) is 26.2 Å². The molecule has 1 aliphatic heterocycles. The number of thioether (sulfide) groups is 1. The number of piperazine rings is 1. The van der Waals surface area contributed by atoms with Gasteiger partial charge in [0.05, 0.1) is 12.3 Å². The van der Waals surface area contributed by atoms with E-state index in [9.17, 15) is 24.3 Å². The van der Waals surface area contributed by atoms with Crippen LogP contribution in [0.5, 0.6) is 0 Å². The second-order valence-corrected chi connectivity index (χ2v) is 8.15. The van der Waals surface area contributed by atoms with E-state index in [1.807, 2.05) is 30.3 Å². The number of carbonyl (C=O) groups excluding carboxylic acids is 2. The highest BCUT2D eigenvalue weighted by atomic mass is 32.2. The molecule has 2 amide bonds. The van der Waals surface area contributed by atoms with E-state index in [-0.39, 0.29) is 23.8 Å². The number of nitrogens with zero attached hydrogens (tertiary/aromatic N) is 2. The maximum Gasteiger partial charge on any atom is 0.327 e. The van der Waals surface area contributed by atoms with E-state index < -0.39 is 29.8 Å². The van der Waals surface area contributed by atoms with E-state index in [1.54, 1.807) is 4.90 Å². The van der Waals surface area contributed by atoms with E-state index >= 15 is 0 Å². The summed E-state index contributed by atoms with van der Waals surface area (Å²) < 4.78 is 0. The molecule has 0 bridgehead atoms. The zero-order valence-corrected chi connectivity index (χ0v) is 17.6. The third-order valence-corrected chi connectivity index (χ3v) is 5.97. The lowest BCUT2D eigenvalue weighted by molar-refractivity contribution is -0.144. The van der Waals surface area contributed by atoms with Gasteiger partial charge in [0.1, 0.15) is 6.04 Å². The number of rotatable bonds is 10. The Morgan fingerprint density at radius 3 is 2.20 bits per heavy atom. The molecule has 164 valence electrons. The van der Waals surface area contributed by atoms with Gasteiger partial charge < -0.3 is 25.3 Å². The Kier molecular flexibility index (Phi) is 8.97. The number of amides is 2. The molecule has 1 aromatic carbocycles. The molecule has 9 nitrogen and oxygen atoms in total. The highest BCUT2D eigenvalue weighted by Crippen LogP contribution is 2.20. The second kappa shape index (κ2) is 11.4. The Hall–Kier alpha value is -2.75. The fourth-order valence-electron chi connectivity index (χ4n) is 3.26. The molecule has 0 aromatic heterocycles. The Morgan fingerprint density at radius 2 is 1.67 bits per heavy atom. The first-order valence-electron chi connectivity index (χ1n) is 9.66. The first-order valence-corrected chi connectivity index (χ1v) is 10.8. The van der Waals surface area contributed by atoms with Gasteiger partial charge in [-0.15, -0.1) is 0 Å². The van der Waals surface area contributed by atoms with Gasteiger partial charge in [-0.25, -0.2) is 4.79 Å². The van der Waals surface area contributed by atoms with Crippen LogP contribution in [-0.2, 0) is 19.2 Å². The van der Waals surface area contributed by atoms with Crippen molar-refractivity contribution in [2.45, 2.75) is 19.4 Å². The molecule has 0 radical (unpaired) electrons. The first kappa shape index (κ1) is 23.5. The fraction of sp³-hybridized carbons (Fsp3) is 0.500. The van der Waals surface area contributed by atoms with Gasteiger partial charge in [0.15, 0.2) is 0 Å². The molecule has 30 heavy (non-hydrogen) atoms. The molecule has 2 rings (SSSR count).